The fourth-order valence-electron chi connectivity index (χ4n) is 4.34. The van der Waals surface area contributed by atoms with E-state index in [0.717, 1.165) is 28.8 Å². The topological polar surface area (TPSA) is 80.6 Å². The van der Waals surface area contributed by atoms with E-state index in [0.29, 0.717) is 32.5 Å². The molecule has 0 aliphatic carbocycles. The van der Waals surface area contributed by atoms with Gasteiger partial charge in [0.2, 0.25) is 15.9 Å². The summed E-state index contributed by atoms with van der Waals surface area (Å²) in [5, 5.41) is 3.86. The molecule has 1 saturated heterocycles. The van der Waals surface area contributed by atoms with Crippen LogP contribution >= 0.6 is 0 Å². The Hall–Kier alpha value is -2.84. The minimum absolute atomic E-state index is 0.112. The largest absolute Gasteiger partial charge is 0.494 e. The van der Waals surface area contributed by atoms with Crippen LogP contribution in [0.4, 0.5) is 0 Å². The number of fused-ring (bicyclic) bond motifs is 1. The molecule has 176 valence electrons. The van der Waals surface area contributed by atoms with Crippen molar-refractivity contribution >= 4 is 26.8 Å². The smallest absolute Gasteiger partial charge is 0.243 e. The zero-order valence-electron chi connectivity index (χ0n) is 19.2. The monoisotopic (exact) mass is 469 g/mol. The molecule has 8 heteroatoms. The standard InChI is InChI=1S/C25H31N3O4S/c1-3-27-15-13-20-16-23(11-12-24(20)27)33(30,31)28-14-5-6-21(18-28)25(29)26-17-19-7-9-22(10-8-19)32-4-2/h7-13,15-16,21H,3-6,14,17-18H2,1-2H3,(H,26,29)/t21-/m1/s1. The second kappa shape index (κ2) is 9.97. The molecule has 1 aliphatic heterocycles. The number of rotatable bonds is 8. The van der Waals surface area contributed by atoms with Gasteiger partial charge in [-0.25, -0.2) is 8.42 Å². The second-order valence-electron chi connectivity index (χ2n) is 8.32. The number of aryl methyl sites for hydroxylation is 1. The first-order valence-corrected chi connectivity index (χ1v) is 12.9. The van der Waals surface area contributed by atoms with Crippen LogP contribution in [-0.2, 0) is 27.9 Å². The quantitative estimate of drug-likeness (QED) is 0.545. The first kappa shape index (κ1) is 23.3. The van der Waals surface area contributed by atoms with E-state index in [9.17, 15) is 13.2 Å². The van der Waals surface area contributed by atoms with E-state index in [-0.39, 0.29) is 23.3 Å². The molecule has 2 aromatic carbocycles. The molecular formula is C25H31N3O4S. The molecule has 2 heterocycles. The van der Waals surface area contributed by atoms with Crippen molar-refractivity contribution in [3.8, 4) is 5.75 Å². The summed E-state index contributed by atoms with van der Waals surface area (Å²) in [5.74, 6) is 0.325. The van der Waals surface area contributed by atoms with Crippen molar-refractivity contribution in [1.29, 1.82) is 0 Å². The van der Waals surface area contributed by atoms with E-state index in [4.69, 9.17) is 4.74 Å². The molecule has 4 rings (SSSR count). The average Bonchev–Trinajstić information content (AvgIpc) is 3.26. The number of ether oxygens (including phenoxy) is 1. The Labute approximate surface area is 195 Å². The molecule has 1 aromatic heterocycles. The number of nitrogens with one attached hydrogen (secondary N) is 1. The van der Waals surface area contributed by atoms with E-state index >= 15 is 0 Å². The number of carbonyl (C=O) groups excluding carboxylic acids is 1. The van der Waals surface area contributed by atoms with Gasteiger partial charge in [0.15, 0.2) is 0 Å². The van der Waals surface area contributed by atoms with E-state index in [1.54, 1.807) is 12.1 Å². The number of amides is 1. The highest BCUT2D eigenvalue weighted by molar-refractivity contribution is 7.89. The molecule has 33 heavy (non-hydrogen) atoms. The summed E-state index contributed by atoms with van der Waals surface area (Å²) >= 11 is 0. The highest BCUT2D eigenvalue weighted by Crippen LogP contribution is 2.27. The molecule has 1 aliphatic rings. The number of nitrogens with zero attached hydrogens (tertiary/aromatic N) is 2. The fourth-order valence-corrected chi connectivity index (χ4v) is 5.90. The predicted molar refractivity (Wildman–Crippen MR) is 129 cm³/mol. The number of hydrogen-bond donors (Lipinski definition) is 1. The van der Waals surface area contributed by atoms with E-state index in [1.807, 2.05) is 49.5 Å². The Balaban J connectivity index is 1.41. The lowest BCUT2D eigenvalue weighted by molar-refractivity contribution is -0.126. The molecule has 0 bridgehead atoms. The van der Waals surface area contributed by atoms with Gasteiger partial charge in [0.25, 0.3) is 0 Å². The minimum atomic E-state index is -3.66. The molecule has 0 radical (unpaired) electrons. The zero-order valence-corrected chi connectivity index (χ0v) is 20.0. The van der Waals surface area contributed by atoms with Gasteiger partial charge in [-0.2, -0.15) is 4.31 Å². The lowest BCUT2D eigenvalue weighted by atomic mass is 9.99. The normalized spacial score (nSPS) is 17.2. The molecular weight excluding hydrogens is 438 g/mol. The maximum atomic E-state index is 13.3. The lowest BCUT2D eigenvalue weighted by Crippen LogP contribution is -2.45. The van der Waals surface area contributed by atoms with Crippen molar-refractivity contribution in [2.45, 2.75) is 44.7 Å². The van der Waals surface area contributed by atoms with Gasteiger partial charge in [-0.3, -0.25) is 4.79 Å². The maximum Gasteiger partial charge on any atom is 0.243 e. The second-order valence-corrected chi connectivity index (χ2v) is 10.3. The summed E-state index contributed by atoms with van der Waals surface area (Å²) in [7, 11) is -3.66. The third kappa shape index (κ3) is 5.07. The summed E-state index contributed by atoms with van der Waals surface area (Å²) in [4.78, 5) is 13.1. The fraction of sp³-hybridized carbons (Fsp3) is 0.400. The highest BCUT2D eigenvalue weighted by atomic mass is 32.2. The summed E-state index contributed by atoms with van der Waals surface area (Å²) in [6.07, 6.45) is 3.31. The molecule has 7 nitrogen and oxygen atoms in total. The summed E-state index contributed by atoms with van der Waals surface area (Å²) in [5.41, 5.74) is 1.99. The molecule has 1 fully saturated rings. The Morgan fingerprint density at radius 3 is 2.64 bits per heavy atom. The summed E-state index contributed by atoms with van der Waals surface area (Å²) in [6.45, 7) is 6.46. The number of aromatic nitrogens is 1. The highest BCUT2D eigenvalue weighted by Gasteiger charge is 2.33. The van der Waals surface area contributed by atoms with Gasteiger partial charge in [0.1, 0.15) is 5.75 Å². The van der Waals surface area contributed by atoms with Crippen LogP contribution < -0.4 is 10.1 Å². The maximum absolute atomic E-state index is 13.3. The Kier molecular flexibility index (Phi) is 7.05. The molecule has 0 spiro atoms. The van der Waals surface area contributed by atoms with E-state index < -0.39 is 10.0 Å². The number of benzene rings is 2. The van der Waals surface area contributed by atoms with Crippen molar-refractivity contribution in [3.05, 3.63) is 60.3 Å². The number of sulfonamides is 1. The molecule has 0 unspecified atom stereocenters. The number of carbonyl (C=O) groups is 1. The van der Waals surface area contributed by atoms with Crippen molar-refractivity contribution in [2.75, 3.05) is 19.7 Å². The van der Waals surface area contributed by atoms with Gasteiger partial charge >= 0.3 is 0 Å². The first-order valence-electron chi connectivity index (χ1n) is 11.5. The van der Waals surface area contributed by atoms with Gasteiger partial charge in [-0.15, -0.1) is 0 Å². The van der Waals surface area contributed by atoms with E-state index in [1.165, 1.54) is 4.31 Å². The van der Waals surface area contributed by atoms with Gasteiger partial charge in [-0.05, 0) is 68.7 Å². The van der Waals surface area contributed by atoms with Crippen LogP contribution in [0.5, 0.6) is 5.75 Å². The van der Waals surface area contributed by atoms with Crippen molar-refractivity contribution < 1.29 is 17.9 Å². The van der Waals surface area contributed by atoms with E-state index in [2.05, 4.69) is 16.8 Å². The molecule has 1 atom stereocenters. The third-order valence-corrected chi connectivity index (χ3v) is 8.04. The van der Waals surface area contributed by atoms with Crippen LogP contribution in [0.1, 0.15) is 32.3 Å². The summed E-state index contributed by atoms with van der Waals surface area (Å²) < 4.78 is 35.6. The number of piperidine rings is 1. The zero-order chi connectivity index (χ0) is 23.4. The van der Waals surface area contributed by atoms with Crippen LogP contribution in [0.25, 0.3) is 10.9 Å². The molecule has 1 N–H and O–H groups in total. The average molecular weight is 470 g/mol. The molecule has 1 amide bonds. The van der Waals surface area contributed by atoms with Crippen LogP contribution in [0, 0.1) is 5.92 Å². The van der Waals surface area contributed by atoms with Crippen molar-refractivity contribution in [2.24, 2.45) is 5.92 Å². The van der Waals surface area contributed by atoms with Gasteiger partial charge < -0.3 is 14.6 Å². The molecule has 3 aromatic rings. The van der Waals surface area contributed by atoms with Gasteiger partial charge in [0.05, 0.1) is 17.4 Å². The Morgan fingerprint density at radius 1 is 1.12 bits per heavy atom. The number of hydrogen-bond acceptors (Lipinski definition) is 4. The van der Waals surface area contributed by atoms with Crippen LogP contribution in [0.2, 0.25) is 0 Å². The first-order chi connectivity index (χ1) is 15.9. The van der Waals surface area contributed by atoms with Gasteiger partial charge in [-0.1, -0.05) is 12.1 Å². The third-order valence-electron chi connectivity index (χ3n) is 6.18. The minimum Gasteiger partial charge on any atom is -0.494 e. The molecule has 0 saturated carbocycles. The van der Waals surface area contributed by atoms with Crippen molar-refractivity contribution in [1.82, 2.24) is 14.2 Å². The van der Waals surface area contributed by atoms with Crippen LogP contribution in [0.3, 0.4) is 0 Å². The lowest BCUT2D eigenvalue weighted by Gasteiger charge is -2.31. The van der Waals surface area contributed by atoms with Gasteiger partial charge in [0, 0.05) is 43.3 Å². The SMILES string of the molecule is CCOc1ccc(CNC(=O)[C@@H]2CCCN(S(=O)(=O)c3ccc4c(ccn4CC)c3)C2)cc1. The predicted octanol–water partition coefficient (Wildman–Crippen LogP) is 3.78. The summed E-state index contributed by atoms with van der Waals surface area (Å²) in [6, 6.07) is 14.8. The van der Waals surface area contributed by atoms with Crippen molar-refractivity contribution in [3.63, 3.8) is 0 Å². The van der Waals surface area contributed by atoms with Crippen LogP contribution in [-0.4, -0.2) is 42.9 Å². The Bertz CT molecular complexity index is 1220. The van der Waals surface area contributed by atoms with Crippen LogP contribution in [0.15, 0.2) is 59.6 Å². The Morgan fingerprint density at radius 2 is 1.91 bits per heavy atom.